The first-order valence-corrected chi connectivity index (χ1v) is 7.27. The Morgan fingerprint density at radius 2 is 2.21 bits per heavy atom. The van der Waals surface area contributed by atoms with E-state index >= 15 is 0 Å². The molecule has 1 atom stereocenters. The van der Waals surface area contributed by atoms with Crippen molar-refractivity contribution in [3.8, 4) is 0 Å². The summed E-state index contributed by atoms with van der Waals surface area (Å²) in [6.45, 7) is 1.05. The van der Waals surface area contributed by atoms with Gasteiger partial charge in [-0.05, 0) is 30.3 Å². The molecule has 2 aliphatic heterocycles. The summed E-state index contributed by atoms with van der Waals surface area (Å²) in [6.07, 6.45) is 2.64. The highest BCUT2D eigenvalue weighted by Crippen LogP contribution is 2.22. The van der Waals surface area contributed by atoms with Crippen molar-refractivity contribution < 1.29 is 4.79 Å². The van der Waals surface area contributed by atoms with Gasteiger partial charge >= 0.3 is 0 Å². The molecule has 14 heavy (non-hydrogen) atoms. The van der Waals surface area contributed by atoms with Crippen molar-refractivity contribution in [2.75, 3.05) is 23.8 Å². The Bertz CT molecular complexity index is 207. The van der Waals surface area contributed by atoms with E-state index in [2.05, 4.69) is 22.4 Å². The van der Waals surface area contributed by atoms with Gasteiger partial charge in [-0.3, -0.25) is 10.1 Å². The van der Waals surface area contributed by atoms with Gasteiger partial charge in [0.05, 0.1) is 5.75 Å². The summed E-state index contributed by atoms with van der Waals surface area (Å²) in [4.78, 5) is 10.9. The number of thioether (sulfide) groups is 2. The van der Waals surface area contributed by atoms with Crippen molar-refractivity contribution >= 4 is 29.4 Å². The second-order valence-electron chi connectivity index (χ2n) is 3.72. The summed E-state index contributed by atoms with van der Waals surface area (Å²) in [6, 6.07) is 0. The molecule has 2 aliphatic rings. The van der Waals surface area contributed by atoms with Crippen LogP contribution in [0, 0.1) is 5.92 Å². The Kier molecular flexibility index (Phi) is 4.01. The summed E-state index contributed by atoms with van der Waals surface area (Å²) in [5, 5.41) is 6.30. The highest BCUT2D eigenvalue weighted by atomic mass is 32.2. The molecule has 0 aliphatic carbocycles. The molecule has 2 rings (SSSR count). The molecular weight excluding hydrogens is 216 g/mol. The Balaban J connectivity index is 1.63. The number of hydrogen-bond donors (Lipinski definition) is 2. The van der Waals surface area contributed by atoms with E-state index in [-0.39, 0.29) is 11.4 Å². The van der Waals surface area contributed by atoms with E-state index in [1.165, 1.54) is 24.3 Å². The lowest BCUT2D eigenvalue weighted by Crippen LogP contribution is -2.40. The number of rotatable bonds is 3. The predicted molar refractivity (Wildman–Crippen MR) is 62.4 cm³/mol. The molecule has 0 aromatic rings. The third-order valence-corrected chi connectivity index (χ3v) is 4.70. The first kappa shape index (κ1) is 10.6. The van der Waals surface area contributed by atoms with Crippen LogP contribution in [0.15, 0.2) is 0 Å². The van der Waals surface area contributed by atoms with Gasteiger partial charge in [0, 0.05) is 6.54 Å². The SMILES string of the molecule is O=C1CSC(NCC2CCSCC2)N1. The molecule has 80 valence electrons. The van der Waals surface area contributed by atoms with E-state index in [9.17, 15) is 4.79 Å². The second kappa shape index (κ2) is 5.28. The fourth-order valence-electron chi connectivity index (χ4n) is 1.72. The number of carbonyl (C=O) groups is 1. The summed E-state index contributed by atoms with van der Waals surface area (Å²) in [5.74, 6) is 4.19. The van der Waals surface area contributed by atoms with Crippen molar-refractivity contribution in [3.63, 3.8) is 0 Å². The maximum absolute atomic E-state index is 10.9. The molecule has 0 radical (unpaired) electrons. The average Bonchev–Trinajstić information content (AvgIpc) is 2.63. The first-order chi connectivity index (χ1) is 6.84. The topological polar surface area (TPSA) is 41.1 Å². The molecule has 0 bridgehead atoms. The summed E-state index contributed by atoms with van der Waals surface area (Å²) < 4.78 is 0. The van der Waals surface area contributed by atoms with E-state index in [1.54, 1.807) is 11.8 Å². The third kappa shape index (κ3) is 3.07. The van der Waals surface area contributed by atoms with Gasteiger partial charge < -0.3 is 5.32 Å². The van der Waals surface area contributed by atoms with Crippen molar-refractivity contribution in [3.05, 3.63) is 0 Å². The zero-order chi connectivity index (χ0) is 9.80. The van der Waals surface area contributed by atoms with Crippen molar-refractivity contribution in [2.45, 2.75) is 18.3 Å². The van der Waals surface area contributed by atoms with Gasteiger partial charge in [0.2, 0.25) is 5.91 Å². The van der Waals surface area contributed by atoms with Gasteiger partial charge in [0.25, 0.3) is 0 Å². The van der Waals surface area contributed by atoms with E-state index in [4.69, 9.17) is 0 Å². The minimum atomic E-state index is 0.159. The van der Waals surface area contributed by atoms with E-state index in [0.29, 0.717) is 5.75 Å². The van der Waals surface area contributed by atoms with Gasteiger partial charge in [-0.25, -0.2) is 0 Å². The number of nitrogens with one attached hydrogen (secondary N) is 2. The largest absolute Gasteiger partial charge is 0.331 e. The van der Waals surface area contributed by atoms with Crippen LogP contribution in [-0.4, -0.2) is 35.2 Å². The molecule has 3 nitrogen and oxygen atoms in total. The Morgan fingerprint density at radius 3 is 2.86 bits per heavy atom. The Morgan fingerprint density at radius 1 is 1.43 bits per heavy atom. The molecule has 1 unspecified atom stereocenters. The maximum atomic E-state index is 10.9. The highest BCUT2D eigenvalue weighted by molar-refractivity contribution is 8.01. The maximum Gasteiger partial charge on any atom is 0.231 e. The monoisotopic (exact) mass is 232 g/mol. The molecule has 0 aromatic heterocycles. The fraction of sp³-hybridized carbons (Fsp3) is 0.889. The molecule has 2 fully saturated rings. The van der Waals surface area contributed by atoms with Gasteiger partial charge in [0.15, 0.2) is 0 Å². The average molecular weight is 232 g/mol. The summed E-state index contributed by atoms with van der Waals surface area (Å²) in [7, 11) is 0. The van der Waals surface area contributed by atoms with Crippen LogP contribution in [0.5, 0.6) is 0 Å². The van der Waals surface area contributed by atoms with Crippen LogP contribution in [0.4, 0.5) is 0 Å². The van der Waals surface area contributed by atoms with Crippen LogP contribution in [0.25, 0.3) is 0 Å². The standard InChI is InChI=1S/C9H16N2OS2/c12-8-6-14-9(11-8)10-5-7-1-3-13-4-2-7/h7,9-10H,1-6H2,(H,11,12). The number of carbonyl (C=O) groups excluding carboxylic acids is 1. The van der Waals surface area contributed by atoms with E-state index in [0.717, 1.165) is 12.5 Å². The van der Waals surface area contributed by atoms with Crippen LogP contribution in [-0.2, 0) is 4.79 Å². The van der Waals surface area contributed by atoms with Crippen LogP contribution in [0.1, 0.15) is 12.8 Å². The van der Waals surface area contributed by atoms with Crippen LogP contribution in [0.2, 0.25) is 0 Å². The summed E-state index contributed by atoms with van der Waals surface area (Å²) >= 11 is 3.72. The normalized spacial score (nSPS) is 29.1. The molecule has 5 heteroatoms. The quantitative estimate of drug-likeness (QED) is 0.757. The minimum absolute atomic E-state index is 0.159. The van der Waals surface area contributed by atoms with Crippen LogP contribution < -0.4 is 10.6 Å². The third-order valence-electron chi connectivity index (χ3n) is 2.61. The molecule has 0 aromatic carbocycles. The number of amides is 1. The number of hydrogen-bond acceptors (Lipinski definition) is 4. The van der Waals surface area contributed by atoms with Gasteiger partial charge in [-0.2, -0.15) is 11.8 Å². The first-order valence-electron chi connectivity index (χ1n) is 5.07. The molecule has 1 amide bonds. The minimum Gasteiger partial charge on any atom is -0.331 e. The summed E-state index contributed by atoms with van der Waals surface area (Å²) in [5.41, 5.74) is 0.164. The van der Waals surface area contributed by atoms with Crippen molar-refractivity contribution in [1.82, 2.24) is 10.6 Å². The zero-order valence-corrected chi connectivity index (χ0v) is 9.76. The van der Waals surface area contributed by atoms with Crippen LogP contribution >= 0.6 is 23.5 Å². The highest BCUT2D eigenvalue weighted by Gasteiger charge is 2.22. The molecular formula is C9H16N2OS2. The second-order valence-corrected chi connectivity index (χ2v) is 6.04. The van der Waals surface area contributed by atoms with Crippen molar-refractivity contribution in [2.24, 2.45) is 5.92 Å². The van der Waals surface area contributed by atoms with Crippen LogP contribution in [0.3, 0.4) is 0 Å². The lowest BCUT2D eigenvalue weighted by atomic mass is 10.0. The Hall–Kier alpha value is 0.130. The molecule has 2 saturated heterocycles. The van der Waals surface area contributed by atoms with E-state index < -0.39 is 0 Å². The lowest BCUT2D eigenvalue weighted by molar-refractivity contribution is -0.118. The van der Waals surface area contributed by atoms with Gasteiger partial charge in [0.1, 0.15) is 5.50 Å². The zero-order valence-electron chi connectivity index (χ0n) is 8.12. The molecule has 0 saturated carbocycles. The molecule has 2 N–H and O–H groups in total. The predicted octanol–water partition coefficient (Wildman–Crippen LogP) is 0.866. The Labute approximate surface area is 93.2 Å². The van der Waals surface area contributed by atoms with E-state index in [1.807, 2.05) is 0 Å². The fourth-order valence-corrected chi connectivity index (χ4v) is 3.76. The lowest BCUT2D eigenvalue weighted by Gasteiger charge is -2.23. The smallest absolute Gasteiger partial charge is 0.231 e. The molecule has 2 heterocycles. The molecule has 0 spiro atoms. The van der Waals surface area contributed by atoms with Gasteiger partial charge in [-0.15, -0.1) is 11.8 Å². The van der Waals surface area contributed by atoms with Crippen molar-refractivity contribution in [1.29, 1.82) is 0 Å². The van der Waals surface area contributed by atoms with Gasteiger partial charge in [-0.1, -0.05) is 0 Å².